The van der Waals surface area contributed by atoms with E-state index in [1.54, 1.807) is 25.3 Å². The number of esters is 1. The van der Waals surface area contributed by atoms with Gasteiger partial charge in [0.1, 0.15) is 17.4 Å². The molecule has 1 aliphatic carbocycles. The summed E-state index contributed by atoms with van der Waals surface area (Å²) >= 11 is 0. The van der Waals surface area contributed by atoms with E-state index in [1.807, 2.05) is 0 Å². The number of nitrogen functional groups attached to an aromatic ring is 1. The minimum Gasteiger partial charge on any atom is -0.489 e. The Morgan fingerprint density at radius 2 is 2.00 bits per heavy atom. The highest BCUT2D eigenvalue weighted by atomic mass is 16.5. The van der Waals surface area contributed by atoms with Crippen molar-refractivity contribution in [3.63, 3.8) is 0 Å². The van der Waals surface area contributed by atoms with Crippen molar-refractivity contribution >= 4 is 11.7 Å². The van der Waals surface area contributed by atoms with Gasteiger partial charge in [0.25, 0.3) is 0 Å². The standard InChI is InChI=1S/C15H21NO4/c1-18-11-4-3-5-12(9-11)20-14-8-10(16)6-7-13(14)15(17)19-2/h6-8,11-12H,3-5,9,16H2,1-2H3. The van der Waals surface area contributed by atoms with E-state index >= 15 is 0 Å². The number of hydrogen-bond donors (Lipinski definition) is 1. The number of ether oxygens (including phenoxy) is 3. The summed E-state index contributed by atoms with van der Waals surface area (Å²) in [5.41, 5.74) is 6.74. The van der Waals surface area contributed by atoms with Crippen LogP contribution in [0.25, 0.3) is 0 Å². The molecule has 1 aromatic carbocycles. The van der Waals surface area contributed by atoms with Gasteiger partial charge < -0.3 is 19.9 Å². The number of benzene rings is 1. The maximum absolute atomic E-state index is 11.7. The van der Waals surface area contributed by atoms with Crippen LogP contribution in [0.1, 0.15) is 36.0 Å². The molecule has 0 aliphatic heterocycles. The zero-order chi connectivity index (χ0) is 14.5. The molecular weight excluding hydrogens is 258 g/mol. The van der Waals surface area contributed by atoms with E-state index in [0.29, 0.717) is 17.0 Å². The van der Waals surface area contributed by atoms with Crippen LogP contribution in [0, 0.1) is 0 Å². The first-order chi connectivity index (χ1) is 9.63. The third-order valence-corrected chi connectivity index (χ3v) is 3.62. The fourth-order valence-corrected chi connectivity index (χ4v) is 2.52. The van der Waals surface area contributed by atoms with Gasteiger partial charge in [-0.2, -0.15) is 0 Å². The van der Waals surface area contributed by atoms with Gasteiger partial charge in [-0.1, -0.05) is 0 Å². The number of rotatable bonds is 4. The lowest BCUT2D eigenvalue weighted by atomic mass is 9.95. The van der Waals surface area contributed by atoms with Gasteiger partial charge in [-0.25, -0.2) is 4.79 Å². The van der Waals surface area contributed by atoms with Gasteiger partial charge in [0.2, 0.25) is 0 Å². The number of nitrogens with two attached hydrogens (primary N) is 1. The highest BCUT2D eigenvalue weighted by Gasteiger charge is 2.25. The maximum Gasteiger partial charge on any atom is 0.341 e. The molecule has 0 bridgehead atoms. The van der Waals surface area contributed by atoms with Gasteiger partial charge in [-0.15, -0.1) is 0 Å². The molecule has 2 atom stereocenters. The molecule has 0 saturated heterocycles. The van der Waals surface area contributed by atoms with Crippen LogP contribution in [-0.2, 0) is 9.47 Å². The molecule has 0 radical (unpaired) electrons. The normalized spacial score (nSPS) is 22.3. The fourth-order valence-electron chi connectivity index (χ4n) is 2.52. The number of hydrogen-bond acceptors (Lipinski definition) is 5. The van der Waals surface area contributed by atoms with Crippen molar-refractivity contribution in [2.24, 2.45) is 0 Å². The summed E-state index contributed by atoms with van der Waals surface area (Å²) in [5, 5.41) is 0. The van der Waals surface area contributed by atoms with Crippen molar-refractivity contribution in [2.45, 2.75) is 37.9 Å². The minimum absolute atomic E-state index is 0.0407. The summed E-state index contributed by atoms with van der Waals surface area (Å²) < 4.78 is 16.1. The lowest BCUT2D eigenvalue weighted by Gasteiger charge is -2.29. The molecule has 20 heavy (non-hydrogen) atoms. The minimum atomic E-state index is -0.417. The van der Waals surface area contributed by atoms with Gasteiger partial charge in [0.05, 0.1) is 13.2 Å². The van der Waals surface area contributed by atoms with Gasteiger partial charge >= 0.3 is 5.97 Å². The summed E-state index contributed by atoms with van der Waals surface area (Å²) in [6.07, 6.45) is 4.15. The number of carbonyl (C=O) groups is 1. The zero-order valence-corrected chi connectivity index (χ0v) is 11.9. The lowest BCUT2D eigenvalue weighted by Crippen LogP contribution is -2.30. The molecule has 1 aliphatic rings. The van der Waals surface area contributed by atoms with Crippen LogP contribution in [0.2, 0.25) is 0 Å². The zero-order valence-electron chi connectivity index (χ0n) is 11.9. The second kappa shape index (κ2) is 6.61. The molecule has 0 amide bonds. The first-order valence-corrected chi connectivity index (χ1v) is 6.81. The number of carbonyl (C=O) groups excluding carboxylic acids is 1. The Labute approximate surface area is 119 Å². The molecule has 1 fully saturated rings. The number of methoxy groups -OCH3 is 2. The summed E-state index contributed by atoms with van der Waals surface area (Å²) in [4.78, 5) is 11.7. The van der Waals surface area contributed by atoms with Crippen LogP contribution in [-0.4, -0.2) is 32.4 Å². The molecule has 1 saturated carbocycles. The second-order valence-electron chi connectivity index (χ2n) is 5.01. The Morgan fingerprint density at radius 3 is 2.70 bits per heavy atom. The van der Waals surface area contributed by atoms with Crippen LogP contribution in [0.4, 0.5) is 5.69 Å². The molecule has 5 nitrogen and oxygen atoms in total. The van der Waals surface area contributed by atoms with Crippen molar-refractivity contribution < 1.29 is 19.0 Å². The van der Waals surface area contributed by atoms with Crippen LogP contribution in [0.3, 0.4) is 0 Å². The molecule has 2 N–H and O–H groups in total. The Bertz CT molecular complexity index is 475. The Balaban J connectivity index is 2.15. The summed E-state index contributed by atoms with van der Waals surface area (Å²) in [7, 11) is 3.07. The average molecular weight is 279 g/mol. The molecule has 0 heterocycles. The van der Waals surface area contributed by atoms with E-state index < -0.39 is 5.97 Å². The molecule has 0 spiro atoms. The predicted octanol–water partition coefficient (Wildman–Crippen LogP) is 2.39. The first kappa shape index (κ1) is 14.7. The summed E-state index contributed by atoms with van der Waals surface area (Å²) in [5.74, 6) is 0.0673. The topological polar surface area (TPSA) is 70.8 Å². The highest BCUT2D eigenvalue weighted by molar-refractivity contribution is 5.93. The van der Waals surface area contributed by atoms with Gasteiger partial charge in [0, 0.05) is 25.3 Å². The molecule has 0 aromatic heterocycles. The molecule has 1 aromatic rings. The highest BCUT2D eigenvalue weighted by Crippen LogP contribution is 2.29. The molecular formula is C15H21NO4. The molecule has 5 heteroatoms. The summed E-state index contributed by atoms with van der Waals surface area (Å²) in [6, 6.07) is 4.97. The van der Waals surface area contributed by atoms with Crippen LogP contribution in [0.5, 0.6) is 5.75 Å². The van der Waals surface area contributed by atoms with Gasteiger partial charge in [-0.05, 0) is 31.4 Å². The molecule has 2 unspecified atom stereocenters. The fraction of sp³-hybridized carbons (Fsp3) is 0.533. The van der Waals surface area contributed by atoms with E-state index in [2.05, 4.69) is 0 Å². The van der Waals surface area contributed by atoms with E-state index in [4.69, 9.17) is 19.9 Å². The van der Waals surface area contributed by atoms with Gasteiger partial charge in [-0.3, -0.25) is 0 Å². The SMILES string of the molecule is COC(=O)c1ccc(N)cc1OC1CCCC(OC)C1. The van der Waals surface area contributed by atoms with Crippen LogP contribution >= 0.6 is 0 Å². The third kappa shape index (κ3) is 3.42. The average Bonchev–Trinajstić information content (AvgIpc) is 2.47. The molecule has 2 rings (SSSR count). The predicted molar refractivity (Wildman–Crippen MR) is 75.9 cm³/mol. The smallest absolute Gasteiger partial charge is 0.341 e. The van der Waals surface area contributed by atoms with E-state index in [0.717, 1.165) is 25.7 Å². The lowest BCUT2D eigenvalue weighted by molar-refractivity contribution is 0.0203. The van der Waals surface area contributed by atoms with Crippen LogP contribution < -0.4 is 10.5 Å². The summed E-state index contributed by atoms with van der Waals surface area (Å²) in [6.45, 7) is 0. The largest absolute Gasteiger partial charge is 0.489 e. The van der Waals surface area contributed by atoms with Crippen molar-refractivity contribution in [1.29, 1.82) is 0 Å². The molecule has 110 valence electrons. The maximum atomic E-state index is 11.7. The van der Waals surface area contributed by atoms with Crippen molar-refractivity contribution in [3.05, 3.63) is 23.8 Å². The quantitative estimate of drug-likeness (QED) is 0.677. The third-order valence-electron chi connectivity index (χ3n) is 3.62. The monoisotopic (exact) mass is 279 g/mol. The Kier molecular flexibility index (Phi) is 4.84. The van der Waals surface area contributed by atoms with Crippen molar-refractivity contribution in [3.8, 4) is 5.75 Å². The van der Waals surface area contributed by atoms with Crippen molar-refractivity contribution in [2.75, 3.05) is 20.0 Å². The van der Waals surface area contributed by atoms with Gasteiger partial charge in [0.15, 0.2) is 0 Å². The Morgan fingerprint density at radius 1 is 1.25 bits per heavy atom. The van der Waals surface area contributed by atoms with E-state index in [1.165, 1.54) is 7.11 Å². The van der Waals surface area contributed by atoms with Crippen LogP contribution in [0.15, 0.2) is 18.2 Å². The van der Waals surface area contributed by atoms with E-state index in [-0.39, 0.29) is 12.2 Å². The number of anilines is 1. The second-order valence-corrected chi connectivity index (χ2v) is 5.01. The Hall–Kier alpha value is -1.75. The van der Waals surface area contributed by atoms with E-state index in [9.17, 15) is 4.79 Å². The van der Waals surface area contributed by atoms with Crippen molar-refractivity contribution in [1.82, 2.24) is 0 Å². The first-order valence-electron chi connectivity index (χ1n) is 6.81.